The van der Waals surface area contributed by atoms with Crippen LogP contribution in [0.1, 0.15) is 37.6 Å². The number of aryl methyl sites for hydroxylation is 2. The first-order chi connectivity index (χ1) is 12.6. The van der Waals surface area contributed by atoms with Crippen LogP contribution in [-0.2, 0) is 4.74 Å². The molecule has 26 heavy (non-hydrogen) atoms. The number of hydrogen-bond donors (Lipinski definition) is 1. The third-order valence-corrected chi connectivity index (χ3v) is 4.60. The summed E-state index contributed by atoms with van der Waals surface area (Å²) in [6.45, 7) is 8.31. The highest BCUT2D eigenvalue weighted by atomic mass is 16.5. The van der Waals surface area contributed by atoms with Crippen molar-refractivity contribution in [2.75, 3.05) is 25.0 Å². The molecule has 1 aliphatic rings. The number of piperidine rings is 1. The summed E-state index contributed by atoms with van der Waals surface area (Å²) in [6.07, 6.45) is 3.17. The van der Waals surface area contributed by atoms with Crippen LogP contribution in [0.4, 0.5) is 10.5 Å². The maximum Gasteiger partial charge on any atom is 0.321 e. The summed E-state index contributed by atoms with van der Waals surface area (Å²) < 4.78 is 7.71. The maximum atomic E-state index is 12.5. The van der Waals surface area contributed by atoms with Crippen molar-refractivity contribution >= 4 is 11.7 Å². The smallest absolute Gasteiger partial charge is 0.321 e. The monoisotopic (exact) mass is 356 g/mol. The van der Waals surface area contributed by atoms with Gasteiger partial charge >= 0.3 is 6.03 Å². The summed E-state index contributed by atoms with van der Waals surface area (Å²) in [6, 6.07) is 9.76. The van der Waals surface area contributed by atoms with E-state index in [9.17, 15) is 4.79 Å². The number of anilines is 1. The van der Waals surface area contributed by atoms with Gasteiger partial charge in [-0.1, -0.05) is 6.92 Å². The highest BCUT2D eigenvalue weighted by Gasteiger charge is 2.24. The predicted molar refractivity (Wildman–Crippen MR) is 103 cm³/mol. The van der Waals surface area contributed by atoms with Gasteiger partial charge in [-0.2, -0.15) is 5.10 Å². The number of amides is 2. The first-order valence-corrected chi connectivity index (χ1v) is 9.38. The van der Waals surface area contributed by atoms with E-state index in [1.807, 2.05) is 53.8 Å². The van der Waals surface area contributed by atoms with Crippen LogP contribution in [0.5, 0.6) is 0 Å². The third kappa shape index (κ3) is 4.43. The number of rotatable bonds is 5. The average molecular weight is 356 g/mol. The van der Waals surface area contributed by atoms with Crippen molar-refractivity contribution in [3.05, 3.63) is 41.7 Å². The molecule has 6 nitrogen and oxygen atoms in total. The fourth-order valence-corrected chi connectivity index (χ4v) is 3.32. The Labute approximate surface area is 155 Å². The van der Waals surface area contributed by atoms with Crippen LogP contribution >= 0.6 is 0 Å². The summed E-state index contributed by atoms with van der Waals surface area (Å²) in [7, 11) is 0. The van der Waals surface area contributed by atoms with E-state index in [1.165, 1.54) is 0 Å². The van der Waals surface area contributed by atoms with Gasteiger partial charge in [0.05, 0.1) is 17.5 Å². The van der Waals surface area contributed by atoms with Gasteiger partial charge in [-0.3, -0.25) is 0 Å². The zero-order valence-electron chi connectivity index (χ0n) is 15.9. The van der Waals surface area contributed by atoms with E-state index < -0.39 is 0 Å². The van der Waals surface area contributed by atoms with Crippen molar-refractivity contribution in [2.24, 2.45) is 0 Å². The molecule has 1 aromatic heterocycles. The van der Waals surface area contributed by atoms with E-state index in [0.717, 1.165) is 55.2 Å². The van der Waals surface area contributed by atoms with E-state index in [-0.39, 0.29) is 12.1 Å². The number of likely N-dealkylation sites (tertiary alicyclic amines) is 1. The standard InChI is InChI=1S/C20H28N4O2/c1-4-12-26-19-6-5-11-23(14-19)20(25)21-17-7-9-18(10-8-17)24-16(3)13-15(2)22-24/h7-10,13,19H,4-6,11-12,14H2,1-3H3,(H,21,25)/t19-/m1/s1. The number of hydrogen-bond acceptors (Lipinski definition) is 3. The molecule has 140 valence electrons. The number of benzene rings is 1. The van der Waals surface area contributed by atoms with Gasteiger partial charge in [0.25, 0.3) is 0 Å². The van der Waals surface area contributed by atoms with Gasteiger partial charge in [0.1, 0.15) is 0 Å². The fourth-order valence-electron chi connectivity index (χ4n) is 3.32. The number of carbonyl (C=O) groups is 1. The molecule has 3 rings (SSSR count). The largest absolute Gasteiger partial charge is 0.376 e. The van der Waals surface area contributed by atoms with Crippen LogP contribution in [-0.4, -0.2) is 46.5 Å². The van der Waals surface area contributed by atoms with Crippen LogP contribution in [0, 0.1) is 13.8 Å². The molecule has 6 heteroatoms. The molecule has 2 amide bonds. The second-order valence-electron chi connectivity index (χ2n) is 6.90. The Balaban J connectivity index is 1.60. The number of nitrogens with zero attached hydrogens (tertiary/aromatic N) is 3. The zero-order chi connectivity index (χ0) is 18.5. The molecule has 2 heterocycles. The van der Waals surface area contributed by atoms with Crippen LogP contribution < -0.4 is 5.32 Å². The van der Waals surface area contributed by atoms with Gasteiger partial charge in [-0.05, 0) is 63.4 Å². The Hall–Kier alpha value is -2.34. The second kappa shape index (κ2) is 8.36. The second-order valence-corrected chi connectivity index (χ2v) is 6.90. The van der Waals surface area contributed by atoms with Crippen molar-refractivity contribution in [3.8, 4) is 5.69 Å². The lowest BCUT2D eigenvalue weighted by atomic mass is 10.1. The quantitative estimate of drug-likeness (QED) is 0.883. The number of ether oxygens (including phenoxy) is 1. The van der Waals surface area contributed by atoms with E-state index in [1.54, 1.807) is 0 Å². The lowest BCUT2D eigenvalue weighted by molar-refractivity contribution is 0.0115. The number of aromatic nitrogens is 2. The summed E-state index contributed by atoms with van der Waals surface area (Å²) in [5, 5.41) is 7.47. The molecule has 1 fully saturated rings. The molecule has 2 aromatic rings. The minimum absolute atomic E-state index is 0.0614. The highest BCUT2D eigenvalue weighted by Crippen LogP contribution is 2.18. The summed E-state index contributed by atoms with van der Waals surface area (Å²) in [5.74, 6) is 0. The van der Waals surface area contributed by atoms with Gasteiger partial charge < -0.3 is 15.0 Å². The van der Waals surface area contributed by atoms with Crippen LogP contribution in [0.2, 0.25) is 0 Å². The maximum absolute atomic E-state index is 12.5. The van der Waals surface area contributed by atoms with E-state index >= 15 is 0 Å². The Morgan fingerprint density at radius 3 is 2.73 bits per heavy atom. The van der Waals surface area contributed by atoms with E-state index in [0.29, 0.717) is 6.54 Å². The molecule has 0 radical (unpaired) electrons. The van der Waals surface area contributed by atoms with Crippen LogP contribution in [0.3, 0.4) is 0 Å². The SMILES string of the molecule is CCCO[C@@H]1CCCN(C(=O)Nc2ccc(-n3nc(C)cc3C)cc2)C1. The molecule has 0 aliphatic carbocycles. The number of nitrogens with one attached hydrogen (secondary N) is 1. The molecule has 1 saturated heterocycles. The van der Waals surface area contributed by atoms with Gasteiger partial charge in [-0.25, -0.2) is 9.48 Å². The average Bonchev–Trinajstić information content (AvgIpc) is 2.99. The molecular formula is C20H28N4O2. The highest BCUT2D eigenvalue weighted by molar-refractivity contribution is 5.89. The van der Waals surface area contributed by atoms with Gasteiger partial charge in [0.15, 0.2) is 0 Å². The van der Waals surface area contributed by atoms with Crippen molar-refractivity contribution in [1.82, 2.24) is 14.7 Å². The zero-order valence-corrected chi connectivity index (χ0v) is 15.9. The van der Waals surface area contributed by atoms with Gasteiger partial charge in [-0.15, -0.1) is 0 Å². The molecule has 1 N–H and O–H groups in total. The summed E-state index contributed by atoms with van der Waals surface area (Å²) in [4.78, 5) is 14.4. The lowest BCUT2D eigenvalue weighted by Crippen LogP contribution is -2.45. The molecule has 1 atom stereocenters. The van der Waals surface area contributed by atoms with E-state index in [4.69, 9.17) is 4.74 Å². The Bertz CT molecular complexity index is 739. The summed E-state index contributed by atoms with van der Waals surface area (Å²) in [5.41, 5.74) is 3.85. The van der Waals surface area contributed by atoms with Crippen molar-refractivity contribution in [3.63, 3.8) is 0 Å². The topological polar surface area (TPSA) is 59.4 Å². The Morgan fingerprint density at radius 1 is 1.31 bits per heavy atom. The first-order valence-electron chi connectivity index (χ1n) is 9.38. The van der Waals surface area contributed by atoms with Gasteiger partial charge in [0.2, 0.25) is 0 Å². The molecule has 1 aromatic carbocycles. The summed E-state index contributed by atoms with van der Waals surface area (Å²) >= 11 is 0. The minimum atomic E-state index is -0.0614. The van der Waals surface area contributed by atoms with Crippen LogP contribution in [0.15, 0.2) is 30.3 Å². The minimum Gasteiger partial charge on any atom is -0.376 e. The van der Waals surface area contributed by atoms with E-state index in [2.05, 4.69) is 17.3 Å². The normalized spacial score (nSPS) is 17.3. The molecular weight excluding hydrogens is 328 g/mol. The first kappa shape index (κ1) is 18.5. The van der Waals surface area contributed by atoms with Crippen molar-refractivity contribution in [1.29, 1.82) is 0 Å². The molecule has 0 bridgehead atoms. The van der Waals surface area contributed by atoms with Crippen LogP contribution in [0.25, 0.3) is 5.69 Å². The van der Waals surface area contributed by atoms with Crippen molar-refractivity contribution < 1.29 is 9.53 Å². The number of urea groups is 1. The Morgan fingerprint density at radius 2 is 2.08 bits per heavy atom. The molecule has 0 unspecified atom stereocenters. The Kier molecular flexibility index (Phi) is 5.93. The van der Waals surface area contributed by atoms with Crippen molar-refractivity contribution in [2.45, 2.75) is 46.1 Å². The lowest BCUT2D eigenvalue weighted by Gasteiger charge is -2.32. The fraction of sp³-hybridized carbons (Fsp3) is 0.500. The number of carbonyl (C=O) groups excluding carboxylic acids is 1. The molecule has 0 saturated carbocycles. The van der Waals surface area contributed by atoms with Gasteiger partial charge in [0, 0.05) is 31.1 Å². The molecule has 0 spiro atoms. The molecule has 1 aliphatic heterocycles. The predicted octanol–water partition coefficient (Wildman–Crippen LogP) is 3.91. The third-order valence-electron chi connectivity index (χ3n) is 4.60.